The van der Waals surface area contributed by atoms with Crippen LogP contribution < -0.4 is 5.32 Å². The molecule has 0 spiro atoms. The molecule has 122 valence electrons. The molecule has 0 aliphatic carbocycles. The van der Waals surface area contributed by atoms with Gasteiger partial charge in [0, 0.05) is 6.54 Å². The average Bonchev–Trinajstić information content (AvgIpc) is 2.33. The number of carbonyl (C=O) groups is 2. The minimum Gasteiger partial charge on any atom is -0.340 e. The molecule has 0 bridgehead atoms. The summed E-state index contributed by atoms with van der Waals surface area (Å²) in [5.74, 6) is 0.661. The van der Waals surface area contributed by atoms with E-state index in [-0.39, 0.29) is 23.3 Å². The van der Waals surface area contributed by atoms with E-state index in [1.54, 1.807) is 0 Å². The molecular weight excluding hydrogens is 264 g/mol. The van der Waals surface area contributed by atoms with Gasteiger partial charge in [-0.3, -0.25) is 9.59 Å². The summed E-state index contributed by atoms with van der Waals surface area (Å²) in [5.41, 5.74) is -1.01. The van der Waals surface area contributed by atoms with Gasteiger partial charge >= 0.3 is 0 Å². The highest BCUT2D eigenvalue weighted by atomic mass is 16.2. The van der Waals surface area contributed by atoms with E-state index in [2.05, 4.69) is 19.2 Å². The highest BCUT2D eigenvalue weighted by molar-refractivity contribution is 5.99. The second kappa shape index (κ2) is 6.37. The van der Waals surface area contributed by atoms with Crippen molar-refractivity contribution in [1.29, 1.82) is 0 Å². The van der Waals surface area contributed by atoms with E-state index in [1.165, 1.54) is 0 Å². The number of nitrogens with one attached hydrogen (secondary N) is 1. The standard InChI is InChI=1S/C17H32N2O2/c1-8-17(7)15(21)19(11-9-10-12(2)3)13(14(20)18-17)16(4,5)6/h12-13H,8-11H2,1-7H3,(H,18,20). The fourth-order valence-corrected chi connectivity index (χ4v) is 2.97. The van der Waals surface area contributed by atoms with Crippen LogP contribution in [0.5, 0.6) is 0 Å². The third-order valence-corrected chi connectivity index (χ3v) is 4.40. The van der Waals surface area contributed by atoms with Gasteiger partial charge in [-0.15, -0.1) is 0 Å². The number of piperazine rings is 1. The van der Waals surface area contributed by atoms with Crippen molar-refractivity contribution in [3.63, 3.8) is 0 Å². The summed E-state index contributed by atoms with van der Waals surface area (Å²) in [5, 5.41) is 2.95. The molecule has 2 unspecified atom stereocenters. The van der Waals surface area contributed by atoms with Crippen LogP contribution in [0.3, 0.4) is 0 Å². The lowest BCUT2D eigenvalue weighted by molar-refractivity contribution is -0.159. The maximum absolute atomic E-state index is 12.9. The molecule has 0 aromatic rings. The summed E-state index contributed by atoms with van der Waals surface area (Å²) < 4.78 is 0. The SMILES string of the molecule is CCC1(C)NC(=O)C(C(C)(C)C)N(CCCC(C)C)C1=O. The van der Waals surface area contributed by atoms with Crippen molar-refractivity contribution in [2.24, 2.45) is 11.3 Å². The number of carbonyl (C=O) groups excluding carboxylic acids is 2. The topological polar surface area (TPSA) is 49.4 Å². The van der Waals surface area contributed by atoms with Gasteiger partial charge in [-0.05, 0) is 37.5 Å². The number of hydrogen-bond acceptors (Lipinski definition) is 2. The third kappa shape index (κ3) is 3.98. The predicted octanol–water partition coefficient (Wildman–Crippen LogP) is 2.96. The Hall–Kier alpha value is -1.06. The molecule has 1 aliphatic rings. The molecular formula is C17H32N2O2. The van der Waals surface area contributed by atoms with Gasteiger partial charge in [-0.25, -0.2) is 0 Å². The largest absolute Gasteiger partial charge is 0.340 e. The van der Waals surface area contributed by atoms with Gasteiger partial charge in [0.25, 0.3) is 0 Å². The van der Waals surface area contributed by atoms with E-state index in [1.807, 2.05) is 39.5 Å². The van der Waals surface area contributed by atoms with E-state index in [9.17, 15) is 9.59 Å². The van der Waals surface area contributed by atoms with Gasteiger partial charge in [0.1, 0.15) is 11.6 Å². The Bertz CT molecular complexity index is 398. The molecule has 1 saturated heterocycles. The van der Waals surface area contributed by atoms with Crippen LogP contribution in [0.4, 0.5) is 0 Å². The minimum absolute atomic E-state index is 0.0176. The van der Waals surface area contributed by atoms with Crippen LogP contribution in [-0.4, -0.2) is 34.8 Å². The molecule has 4 heteroatoms. The number of hydrogen-bond donors (Lipinski definition) is 1. The zero-order chi connectivity index (χ0) is 16.4. The Morgan fingerprint density at radius 2 is 1.86 bits per heavy atom. The Balaban J connectivity index is 3.01. The first kappa shape index (κ1) is 18.0. The van der Waals surface area contributed by atoms with Crippen LogP contribution in [0.2, 0.25) is 0 Å². The first-order chi connectivity index (χ1) is 9.53. The first-order valence-electron chi connectivity index (χ1n) is 8.16. The maximum atomic E-state index is 12.9. The molecule has 2 amide bonds. The quantitative estimate of drug-likeness (QED) is 0.848. The molecule has 0 radical (unpaired) electrons. The van der Waals surface area contributed by atoms with Crippen LogP contribution in [0.25, 0.3) is 0 Å². The van der Waals surface area contributed by atoms with E-state index in [0.29, 0.717) is 18.9 Å². The number of rotatable bonds is 5. The molecule has 0 aromatic heterocycles. The molecule has 1 fully saturated rings. The summed E-state index contributed by atoms with van der Waals surface area (Å²) >= 11 is 0. The van der Waals surface area contributed by atoms with Crippen molar-refractivity contribution in [2.45, 2.75) is 79.3 Å². The summed E-state index contributed by atoms with van der Waals surface area (Å²) in [4.78, 5) is 27.3. The third-order valence-electron chi connectivity index (χ3n) is 4.40. The Morgan fingerprint density at radius 3 is 2.29 bits per heavy atom. The molecule has 0 aromatic carbocycles. The summed E-state index contributed by atoms with van der Waals surface area (Å²) in [7, 11) is 0. The van der Waals surface area contributed by atoms with E-state index in [4.69, 9.17) is 0 Å². The van der Waals surface area contributed by atoms with Crippen LogP contribution in [0.15, 0.2) is 0 Å². The van der Waals surface area contributed by atoms with Crippen LogP contribution in [-0.2, 0) is 9.59 Å². The lowest BCUT2D eigenvalue weighted by Crippen LogP contribution is -2.71. The van der Waals surface area contributed by atoms with Crippen molar-refractivity contribution in [2.75, 3.05) is 6.54 Å². The molecule has 1 rings (SSSR count). The van der Waals surface area contributed by atoms with Gasteiger partial charge in [-0.2, -0.15) is 0 Å². The highest BCUT2D eigenvalue weighted by Gasteiger charge is 2.50. The van der Waals surface area contributed by atoms with Crippen molar-refractivity contribution in [1.82, 2.24) is 10.2 Å². The fraction of sp³-hybridized carbons (Fsp3) is 0.882. The normalized spacial score (nSPS) is 27.2. The summed E-state index contributed by atoms with van der Waals surface area (Å²) in [6, 6.07) is -0.378. The van der Waals surface area contributed by atoms with Crippen molar-refractivity contribution in [3.8, 4) is 0 Å². The van der Waals surface area contributed by atoms with E-state index >= 15 is 0 Å². The molecule has 0 saturated carbocycles. The van der Waals surface area contributed by atoms with Gasteiger partial charge in [0.15, 0.2) is 0 Å². The monoisotopic (exact) mass is 296 g/mol. The van der Waals surface area contributed by atoms with Crippen LogP contribution in [0, 0.1) is 11.3 Å². The summed E-state index contributed by atoms with van der Waals surface area (Å²) in [6.45, 7) is 14.9. The average molecular weight is 296 g/mol. The zero-order valence-electron chi connectivity index (χ0n) is 14.7. The lowest BCUT2D eigenvalue weighted by Gasteiger charge is -2.48. The van der Waals surface area contributed by atoms with Crippen molar-refractivity contribution in [3.05, 3.63) is 0 Å². The van der Waals surface area contributed by atoms with Crippen molar-refractivity contribution >= 4 is 11.8 Å². The minimum atomic E-state index is -0.753. The molecule has 21 heavy (non-hydrogen) atoms. The predicted molar refractivity (Wildman–Crippen MR) is 85.9 cm³/mol. The first-order valence-corrected chi connectivity index (χ1v) is 8.16. The summed E-state index contributed by atoms with van der Waals surface area (Å²) in [6.07, 6.45) is 2.64. The smallest absolute Gasteiger partial charge is 0.248 e. The number of nitrogens with zero attached hydrogens (tertiary/aromatic N) is 1. The second-order valence-electron chi connectivity index (χ2n) is 7.98. The Labute approximate surface area is 129 Å². The van der Waals surface area contributed by atoms with Gasteiger partial charge in [-0.1, -0.05) is 41.5 Å². The maximum Gasteiger partial charge on any atom is 0.248 e. The molecule has 2 atom stereocenters. The van der Waals surface area contributed by atoms with E-state index in [0.717, 1.165) is 12.8 Å². The van der Waals surface area contributed by atoms with Crippen molar-refractivity contribution < 1.29 is 9.59 Å². The molecule has 1 N–H and O–H groups in total. The fourth-order valence-electron chi connectivity index (χ4n) is 2.97. The Kier molecular flexibility index (Phi) is 5.46. The highest BCUT2D eigenvalue weighted by Crippen LogP contribution is 2.32. The van der Waals surface area contributed by atoms with E-state index < -0.39 is 5.54 Å². The van der Waals surface area contributed by atoms with Gasteiger partial charge in [0.2, 0.25) is 11.8 Å². The molecule has 4 nitrogen and oxygen atoms in total. The number of amides is 2. The lowest BCUT2D eigenvalue weighted by atomic mass is 9.80. The second-order valence-corrected chi connectivity index (χ2v) is 7.98. The van der Waals surface area contributed by atoms with Gasteiger partial charge < -0.3 is 10.2 Å². The van der Waals surface area contributed by atoms with Gasteiger partial charge in [0.05, 0.1) is 0 Å². The van der Waals surface area contributed by atoms with Crippen LogP contribution >= 0.6 is 0 Å². The van der Waals surface area contributed by atoms with Crippen LogP contribution in [0.1, 0.15) is 67.7 Å². The Morgan fingerprint density at radius 1 is 1.29 bits per heavy atom. The molecule has 1 heterocycles. The molecule has 1 aliphatic heterocycles. The zero-order valence-corrected chi connectivity index (χ0v) is 14.7.